The van der Waals surface area contributed by atoms with Crippen molar-refractivity contribution in [2.24, 2.45) is 0 Å². The first-order valence-corrected chi connectivity index (χ1v) is 18.6. The highest BCUT2D eigenvalue weighted by Gasteiger charge is 2.28. The van der Waals surface area contributed by atoms with Crippen molar-refractivity contribution >= 4 is 41.6 Å². The topological polar surface area (TPSA) is 188 Å². The Hall–Kier alpha value is -4.30. The van der Waals surface area contributed by atoms with Crippen LogP contribution >= 0.6 is 11.8 Å². The maximum atomic E-state index is 13.7. The van der Waals surface area contributed by atoms with E-state index in [9.17, 15) is 62.0 Å². The summed E-state index contributed by atoms with van der Waals surface area (Å²) in [7, 11) is 0. The highest BCUT2D eigenvalue weighted by molar-refractivity contribution is 7.99. The predicted molar refractivity (Wildman–Crippen MR) is 191 cm³/mol. The van der Waals surface area contributed by atoms with Crippen molar-refractivity contribution in [1.29, 1.82) is 0 Å². The van der Waals surface area contributed by atoms with Gasteiger partial charge >= 0.3 is 29.8 Å². The van der Waals surface area contributed by atoms with E-state index in [1.807, 2.05) is 24.3 Å². The lowest BCUT2D eigenvalue weighted by Gasteiger charge is -2.37. The zero-order valence-corrected chi connectivity index (χ0v) is 31.0. The summed E-state index contributed by atoms with van der Waals surface area (Å²) in [6.45, 7) is -0.0128. The fourth-order valence-electron chi connectivity index (χ4n) is 6.07. The Morgan fingerprint density at radius 3 is 1.69 bits per heavy atom. The summed E-state index contributed by atoms with van der Waals surface area (Å²) >= 11 is 1.58. The fraction of sp³-hybridized carbons (Fsp3) is 0.528. The molecule has 3 rings (SSSR count). The van der Waals surface area contributed by atoms with E-state index >= 15 is 0 Å². The van der Waals surface area contributed by atoms with E-state index in [0.29, 0.717) is 19.3 Å². The third-order valence-corrected chi connectivity index (χ3v) is 9.89. The molecule has 0 bridgehead atoms. The van der Waals surface area contributed by atoms with E-state index in [2.05, 4.69) is 4.74 Å². The largest absolute Gasteiger partial charge is 0.480 e. The maximum Gasteiger partial charge on any atom is 0.317 e. The molecule has 14 nitrogen and oxygen atoms in total. The molecule has 1 atom stereocenters. The molecule has 0 aliphatic carbocycles. The minimum absolute atomic E-state index is 0.0244. The number of carboxylic acids is 4. The quantitative estimate of drug-likeness (QED) is 0.0404. The molecular formula is C36H46F4N4O10S. The SMILES string of the molecule is O=C(O)CN1CCN(CC(=O)O)CCN(CC(=O)O)C(Cc2ccc(SCCCCCCC(=O)Oc3c(F)c(F)cc(F)c3F)cc2)CN(CC(=O)O)CC1. The van der Waals surface area contributed by atoms with E-state index in [4.69, 9.17) is 0 Å². The van der Waals surface area contributed by atoms with Gasteiger partial charge in [0.15, 0.2) is 11.6 Å². The van der Waals surface area contributed by atoms with Crippen LogP contribution in [-0.4, -0.2) is 154 Å². The van der Waals surface area contributed by atoms with E-state index < -0.39 is 64.9 Å². The number of benzene rings is 2. The van der Waals surface area contributed by atoms with Crippen molar-refractivity contribution < 1.29 is 66.7 Å². The number of aliphatic carboxylic acids is 4. The van der Waals surface area contributed by atoms with Gasteiger partial charge in [-0.15, -0.1) is 11.8 Å². The van der Waals surface area contributed by atoms with Gasteiger partial charge in [0.25, 0.3) is 0 Å². The predicted octanol–water partition coefficient (Wildman–Crippen LogP) is 3.36. The van der Waals surface area contributed by atoms with Gasteiger partial charge in [-0.1, -0.05) is 25.0 Å². The Morgan fingerprint density at radius 2 is 1.15 bits per heavy atom. The number of hydrogen-bond acceptors (Lipinski definition) is 11. The first-order valence-electron chi connectivity index (χ1n) is 17.6. The molecule has 2 aromatic rings. The van der Waals surface area contributed by atoms with Crippen LogP contribution in [0.15, 0.2) is 35.2 Å². The van der Waals surface area contributed by atoms with Crippen molar-refractivity contribution in [3.63, 3.8) is 0 Å². The summed E-state index contributed by atoms with van der Waals surface area (Å²) in [5.41, 5.74) is 0.856. The number of carboxylic acid groups (broad SMARTS) is 4. The number of nitrogens with zero attached hydrogens (tertiary/aromatic N) is 4. The zero-order chi connectivity index (χ0) is 40.5. The second-order valence-corrected chi connectivity index (χ2v) is 14.3. The summed E-state index contributed by atoms with van der Waals surface area (Å²) in [6.07, 6.45) is 2.57. The average Bonchev–Trinajstić information content (AvgIpc) is 3.10. The van der Waals surface area contributed by atoms with Gasteiger partial charge in [0, 0.05) is 69.2 Å². The summed E-state index contributed by atoms with van der Waals surface area (Å²) in [6, 6.07) is 7.15. The molecule has 1 aliphatic rings. The monoisotopic (exact) mass is 802 g/mol. The molecule has 4 N–H and O–H groups in total. The van der Waals surface area contributed by atoms with Crippen LogP contribution in [0, 0.1) is 23.3 Å². The van der Waals surface area contributed by atoms with Gasteiger partial charge in [0.1, 0.15) is 0 Å². The van der Waals surface area contributed by atoms with Gasteiger partial charge in [0.05, 0.1) is 26.2 Å². The van der Waals surface area contributed by atoms with E-state index in [0.717, 1.165) is 29.1 Å². The van der Waals surface area contributed by atoms with Crippen LogP contribution in [0.3, 0.4) is 0 Å². The molecule has 1 fully saturated rings. The lowest BCUT2D eigenvalue weighted by molar-refractivity contribution is -0.142. The third-order valence-electron chi connectivity index (χ3n) is 8.79. The number of thioether (sulfide) groups is 1. The second kappa shape index (κ2) is 22.9. The van der Waals surface area contributed by atoms with Crippen LogP contribution in [0.4, 0.5) is 17.6 Å². The molecule has 1 saturated heterocycles. The number of unbranched alkanes of at least 4 members (excludes halogenated alkanes) is 3. The van der Waals surface area contributed by atoms with Crippen LogP contribution in [0.25, 0.3) is 0 Å². The Balaban J connectivity index is 1.59. The van der Waals surface area contributed by atoms with E-state index in [1.165, 1.54) is 0 Å². The number of carbonyl (C=O) groups is 5. The number of carbonyl (C=O) groups excluding carboxylic acids is 1. The summed E-state index contributed by atoms with van der Waals surface area (Å²) < 4.78 is 58.7. The highest BCUT2D eigenvalue weighted by Crippen LogP contribution is 2.27. The van der Waals surface area contributed by atoms with E-state index in [-0.39, 0.29) is 84.5 Å². The van der Waals surface area contributed by atoms with Crippen LogP contribution in [0.5, 0.6) is 5.75 Å². The van der Waals surface area contributed by atoms with Crippen molar-refractivity contribution in [3.8, 4) is 5.75 Å². The first-order chi connectivity index (χ1) is 26.1. The van der Waals surface area contributed by atoms with Gasteiger partial charge in [-0.2, -0.15) is 8.78 Å². The van der Waals surface area contributed by atoms with E-state index in [1.54, 1.807) is 31.4 Å². The number of ether oxygens (including phenoxy) is 1. The van der Waals surface area contributed by atoms with Crippen molar-refractivity contribution in [1.82, 2.24) is 19.6 Å². The minimum atomic E-state index is -1.78. The van der Waals surface area contributed by atoms with Gasteiger partial charge < -0.3 is 25.2 Å². The lowest BCUT2D eigenvalue weighted by Crippen LogP contribution is -2.53. The van der Waals surface area contributed by atoms with Crippen LogP contribution in [0.1, 0.15) is 37.7 Å². The molecule has 1 heterocycles. The maximum absolute atomic E-state index is 13.7. The van der Waals surface area contributed by atoms with Gasteiger partial charge in [0.2, 0.25) is 17.4 Å². The Morgan fingerprint density at radius 1 is 0.655 bits per heavy atom. The fourth-order valence-corrected chi connectivity index (χ4v) is 6.98. The molecular weight excluding hydrogens is 756 g/mol. The molecule has 55 heavy (non-hydrogen) atoms. The Bertz CT molecular complexity index is 1600. The molecule has 0 amide bonds. The van der Waals surface area contributed by atoms with Crippen LogP contribution in [0.2, 0.25) is 0 Å². The number of hydrogen-bond donors (Lipinski definition) is 4. The van der Waals surface area contributed by atoms with Gasteiger partial charge in [-0.05, 0) is 42.7 Å². The summed E-state index contributed by atoms with van der Waals surface area (Å²) in [4.78, 5) is 66.5. The normalized spacial score (nSPS) is 16.9. The summed E-state index contributed by atoms with van der Waals surface area (Å²) in [5.74, 6) is -13.0. The molecule has 1 unspecified atom stereocenters. The van der Waals surface area contributed by atoms with Crippen LogP contribution in [-0.2, 0) is 30.4 Å². The smallest absolute Gasteiger partial charge is 0.317 e. The molecule has 19 heteroatoms. The molecule has 2 aromatic carbocycles. The Labute approximate surface area is 319 Å². The molecule has 0 spiro atoms. The molecule has 1 aliphatic heterocycles. The van der Waals surface area contributed by atoms with Crippen molar-refractivity contribution in [3.05, 3.63) is 59.2 Å². The number of esters is 1. The second-order valence-electron chi connectivity index (χ2n) is 13.1. The zero-order valence-electron chi connectivity index (χ0n) is 30.1. The van der Waals surface area contributed by atoms with Crippen molar-refractivity contribution in [2.75, 3.05) is 77.7 Å². The van der Waals surface area contributed by atoms with Gasteiger partial charge in [-0.25, -0.2) is 8.78 Å². The number of halogens is 4. The lowest BCUT2D eigenvalue weighted by atomic mass is 10.0. The average molecular weight is 803 g/mol. The third kappa shape index (κ3) is 16.5. The standard InChI is InChI=1S/C36H46F4N4O10S/c37-27-18-28(38)35(40)36(34(27)39)54-33(53)5-3-1-2-4-16-55-26-8-6-24(7-9-26)17-25-19-43(22-31(49)50)13-12-41(20-29(45)46)10-11-42(21-30(47)48)14-15-44(25)23-32(51)52/h6-9,18,25H,1-5,10-17,19-23H2,(H,45,46)(H,47,48)(H,49,50)(H,51,52). The van der Waals surface area contributed by atoms with Crippen molar-refractivity contribution in [2.45, 2.75) is 49.5 Å². The number of rotatable bonds is 19. The first kappa shape index (κ1) is 45.1. The summed E-state index contributed by atoms with van der Waals surface area (Å²) in [5, 5.41) is 38.3. The van der Waals surface area contributed by atoms with Crippen LogP contribution < -0.4 is 4.74 Å². The molecule has 0 radical (unpaired) electrons. The molecule has 304 valence electrons. The minimum Gasteiger partial charge on any atom is -0.480 e. The van der Waals surface area contributed by atoms with Gasteiger partial charge in [-0.3, -0.25) is 43.6 Å². The Kier molecular flexibility index (Phi) is 18.8. The molecule has 0 saturated carbocycles. The highest BCUT2D eigenvalue weighted by atomic mass is 32.2. The molecule has 0 aromatic heterocycles.